The second kappa shape index (κ2) is 8.15. The first kappa shape index (κ1) is 15.2. The lowest BCUT2D eigenvalue weighted by atomic mass is 10.00. The van der Waals surface area contributed by atoms with Crippen molar-refractivity contribution >= 4 is 0 Å². The standard InChI is InChI=1S/C17H27NO2/c1-3-18-17-10-5-7-14(17)11-12-20-16-9-6-8-15(13-16)19-4-2/h6,8-9,13-14,17-18H,3-5,7,10-12H2,1-2H3. The van der Waals surface area contributed by atoms with Crippen molar-refractivity contribution in [3.05, 3.63) is 24.3 Å². The van der Waals surface area contributed by atoms with Crippen LogP contribution in [0, 0.1) is 5.92 Å². The van der Waals surface area contributed by atoms with Crippen molar-refractivity contribution in [2.75, 3.05) is 19.8 Å². The Hall–Kier alpha value is -1.22. The van der Waals surface area contributed by atoms with Crippen LogP contribution in [0.3, 0.4) is 0 Å². The fraction of sp³-hybridized carbons (Fsp3) is 0.647. The average Bonchev–Trinajstić information content (AvgIpc) is 2.88. The van der Waals surface area contributed by atoms with Crippen molar-refractivity contribution in [2.45, 2.75) is 45.6 Å². The van der Waals surface area contributed by atoms with Gasteiger partial charge in [0.25, 0.3) is 0 Å². The SMILES string of the molecule is CCNC1CCCC1CCOc1cccc(OCC)c1. The van der Waals surface area contributed by atoms with Gasteiger partial charge >= 0.3 is 0 Å². The molecule has 0 heterocycles. The molecule has 1 aliphatic carbocycles. The largest absolute Gasteiger partial charge is 0.494 e. The minimum absolute atomic E-state index is 0.690. The Morgan fingerprint density at radius 3 is 2.70 bits per heavy atom. The smallest absolute Gasteiger partial charge is 0.122 e. The van der Waals surface area contributed by atoms with Gasteiger partial charge in [-0.1, -0.05) is 19.4 Å². The van der Waals surface area contributed by atoms with Crippen LogP contribution in [0.15, 0.2) is 24.3 Å². The molecule has 1 aliphatic rings. The summed E-state index contributed by atoms with van der Waals surface area (Å²) in [5, 5.41) is 3.59. The Bertz CT molecular complexity index is 394. The van der Waals surface area contributed by atoms with Crippen molar-refractivity contribution < 1.29 is 9.47 Å². The molecule has 0 radical (unpaired) electrons. The minimum atomic E-state index is 0.690. The van der Waals surface area contributed by atoms with Crippen molar-refractivity contribution in [1.82, 2.24) is 5.32 Å². The number of hydrogen-bond acceptors (Lipinski definition) is 3. The van der Waals surface area contributed by atoms with E-state index in [-0.39, 0.29) is 0 Å². The van der Waals surface area contributed by atoms with Crippen LogP contribution in [-0.4, -0.2) is 25.8 Å². The van der Waals surface area contributed by atoms with Crippen molar-refractivity contribution in [1.29, 1.82) is 0 Å². The predicted molar refractivity (Wildman–Crippen MR) is 82.5 cm³/mol. The molecule has 1 aromatic rings. The zero-order chi connectivity index (χ0) is 14.2. The van der Waals surface area contributed by atoms with Gasteiger partial charge in [0.2, 0.25) is 0 Å². The molecule has 2 unspecified atom stereocenters. The highest BCUT2D eigenvalue weighted by Crippen LogP contribution is 2.28. The molecule has 1 aromatic carbocycles. The van der Waals surface area contributed by atoms with E-state index in [9.17, 15) is 0 Å². The summed E-state index contributed by atoms with van der Waals surface area (Å²) in [5.41, 5.74) is 0. The van der Waals surface area contributed by atoms with Gasteiger partial charge in [-0.25, -0.2) is 0 Å². The Morgan fingerprint density at radius 1 is 1.15 bits per heavy atom. The van der Waals surface area contributed by atoms with Crippen molar-refractivity contribution in [3.63, 3.8) is 0 Å². The van der Waals surface area contributed by atoms with E-state index in [1.807, 2.05) is 31.2 Å². The molecule has 20 heavy (non-hydrogen) atoms. The van der Waals surface area contributed by atoms with E-state index in [2.05, 4.69) is 12.2 Å². The fourth-order valence-corrected chi connectivity index (χ4v) is 3.06. The third-order valence-corrected chi connectivity index (χ3v) is 4.00. The monoisotopic (exact) mass is 277 g/mol. The summed E-state index contributed by atoms with van der Waals surface area (Å²) in [4.78, 5) is 0. The molecule has 0 saturated heterocycles. The molecule has 3 heteroatoms. The van der Waals surface area contributed by atoms with Crippen LogP contribution in [0.1, 0.15) is 39.5 Å². The average molecular weight is 277 g/mol. The Morgan fingerprint density at radius 2 is 1.95 bits per heavy atom. The highest BCUT2D eigenvalue weighted by atomic mass is 16.5. The summed E-state index contributed by atoms with van der Waals surface area (Å²) in [7, 11) is 0. The van der Waals surface area contributed by atoms with Crippen LogP contribution in [0.2, 0.25) is 0 Å². The molecule has 0 aromatic heterocycles. The van der Waals surface area contributed by atoms with Crippen molar-refractivity contribution in [3.8, 4) is 11.5 Å². The maximum Gasteiger partial charge on any atom is 0.122 e. The lowest BCUT2D eigenvalue weighted by molar-refractivity contribution is 0.259. The van der Waals surface area contributed by atoms with Crippen LogP contribution < -0.4 is 14.8 Å². The van der Waals surface area contributed by atoms with Crippen molar-refractivity contribution in [2.24, 2.45) is 5.92 Å². The Kier molecular flexibility index (Phi) is 6.19. The summed E-state index contributed by atoms with van der Waals surface area (Å²) in [5.74, 6) is 2.57. The first-order valence-corrected chi connectivity index (χ1v) is 7.92. The lowest BCUT2D eigenvalue weighted by Gasteiger charge is -2.20. The third kappa shape index (κ3) is 4.41. The normalized spacial score (nSPS) is 21.9. The number of rotatable bonds is 8. The van der Waals surface area contributed by atoms with E-state index in [0.717, 1.165) is 37.0 Å². The molecule has 2 atom stereocenters. The summed E-state index contributed by atoms with van der Waals surface area (Å²) in [6.45, 7) is 6.73. The Labute approximate surface area is 122 Å². The summed E-state index contributed by atoms with van der Waals surface area (Å²) in [6, 6.07) is 8.61. The van der Waals surface area contributed by atoms with Crippen LogP contribution >= 0.6 is 0 Å². The van der Waals surface area contributed by atoms with Crippen LogP contribution in [0.5, 0.6) is 11.5 Å². The number of benzene rings is 1. The predicted octanol–water partition coefficient (Wildman–Crippen LogP) is 3.63. The summed E-state index contributed by atoms with van der Waals surface area (Å²) < 4.78 is 11.4. The molecular weight excluding hydrogens is 250 g/mol. The maximum absolute atomic E-state index is 5.87. The molecule has 2 rings (SSSR count). The second-order valence-electron chi connectivity index (χ2n) is 5.40. The van der Waals surface area contributed by atoms with Gasteiger partial charge in [-0.3, -0.25) is 0 Å². The topological polar surface area (TPSA) is 30.5 Å². The van der Waals surface area contributed by atoms with E-state index >= 15 is 0 Å². The van der Waals surface area contributed by atoms with Gasteiger partial charge in [0.1, 0.15) is 11.5 Å². The molecule has 0 aliphatic heterocycles. The molecule has 112 valence electrons. The third-order valence-electron chi connectivity index (χ3n) is 4.00. The van der Waals surface area contributed by atoms with Crippen LogP contribution in [0.25, 0.3) is 0 Å². The van der Waals surface area contributed by atoms with Gasteiger partial charge in [0.15, 0.2) is 0 Å². The number of ether oxygens (including phenoxy) is 2. The van der Waals surface area contributed by atoms with E-state index in [1.165, 1.54) is 19.3 Å². The highest BCUT2D eigenvalue weighted by Gasteiger charge is 2.25. The van der Waals surface area contributed by atoms with Gasteiger partial charge in [-0.15, -0.1) is 0 Å². The molecule has 3 nitrogen and oxygen atoms in total. The maximum atomic E-state index is 5.87. The molecule has 0 bridgehead atoms. The zero-order valence-electron chi connectivity index (χ0n) is 12.7. The van der Waals surface area contributed by atoms with Gasteiger partial charge in [-0.2, -0.15) is 0 Å². The molecule has 1 fully saturated rings. The summed E-state index contributed by atoms with van der Waals surface area (Å²) in [6.07, 6.45) is 5.14. The minimum Gasteiger partial charge on any atom is -0.494 e. The molecule has 1 N–H and O–H groups in total. The lowest BCUT2D eigenvalue weighted by Crippen LogP contribution is -2.32. The second-order valence-corrected chi connectivity index (χ2v) is 5.40. The first-order chi connectivity index (χ1) is 9.83. The molecule has 1 saturated carbocycles. The van der Waals surface area contributed by atoms with Crippen LogP contribution in [-0.2, 0) is 0 Å². The van der Waals surface area contributed by atoms with Gasteiger partial charge < -0.3 is 14.8 Å². The Balaban J connectivity index is 1.76. The van der Waals surface area contributed by atoms with Gasteiger partial charge in [-0.05, 0) is 50.8 Å². The molecule has 0 amide bonds. The fourth-order valence-electron chi connectivity index (χ4n) is 3.06. The quantitative estimate of drug-likeness (QED) is 0.787. The molecule has 0 spiro atoms. The van der Waals surface area contributed by atoms with E-state index in [4.69, 9.17) is 9.47 Å². The number of hydrogen-bond donors (Lipinski definition) is 1. The summed E-state index contributed by atoms with van der Waals surface area (Å²) >= 11 is 0. The zero-order valence-corrected chi connectivity index (χ0v) is 12.7. The molecular formula is C17H27NO2. The first-order valence-electron chi connectivity index (χ1n) is 7.92. The van der Waals surface area contributed by atoms with Gasteiger partial charge in [0.05, 0.1) is 13.2 Å². The highest BCUT2D eigenvalue weighted by molar-refractivity contribution is 5.32. The van der Waals surface area contributed by atoms with E-state index < -0.39 is 0 Å². The number of nitrogens with one attached hydrogen (secondary N) is 1. The van der Waals surface area contributed by atoms with Crippen LogP contribution in [0.4, 0.5) is 0 Å². The van der Waals surface area contributed by atoms with E-state index in [1.54, 1.807) is 0 Å². The van der Waals surface area contributed by atoms with E-state index in [0.29, 0.717) is 12.6 Å². The van der Waals surface area contributed by atoms with Gasteiger partial charge in [0, 0.05) is 12.1 Å².